The fourth-order valence-corrected chi connectivity index (χ4v) is 5.73. The van der Waals surface area contributed by atoms with Gasteiger partial charge >= 0.3 is 5.97 Å². The van der Waals surface area contributed by atoms with Crippen LogP contribution in [0.4, 0.5) is 0 Å². The molecular formula is C31H28N2O6S. The molecule has 1 aromatic heterocycles. The Morgan fingerprint density at radius 1 is 0.975 bits per heavy atom. The van der Waals surface area contributed by atoms with E-state index >= 15 is 0 Å². The zero-order valence-corrected chi connectivity index (χ0v) is 23.4. The molecule has 1 atom stereocenters. The van der Waals surface area contributed by atoms with Crippen molar-refractivity contribution in [3.8, 4) is 17.2 Å². The van der Waals surface area contributed by atoms with Gasteiger partial charge in [-0.3, -0.25) is 9.36 Å². The van der Waals surface area contributed by atoms with Crippen LogP contribution in [-0.4, -0.2) is 38.5 Å². The molecule has 0 bridgehead atoms. The summed E-state index contributed by atoms with van der Waals surface area (Å²) in [6.45, 7) is 1.92. The number of hydrogen-bond acceptors (Lipinski definition) is 8. The van der Waals surface area contributed by atoms with Gasteiger partial charge in [-0.05, 0) is 36.8 Å². The first-order valence-corrected chi connectivity index (χ1v) is 13.5. The van der Waals surface area contributed by atoms with Crippen molar-refractivity contribution >= 4 is 29.1 Å². The molecule has 2 heterocycles. The van der Waals surface area contributed by atoms with E-state index in [1.54, 1.807) is 45.0 Å². The van der Waals surface area contributed by atoms with Crippen LogP contribution in [0, 0.1) is 0 Å². The van der Waals surface area contributed by atoms with Gasteiger partial charge in [-0.1, -0.05) is 65.9 Å². The lowest BCUT2D eigenvalue weighted by molar-refractivity contribution is -0.138. The predicted octanol–water partition coefficient (Wildman–Crippen LogP) is 3.96. The minimum Gasteiger partial charge on any atom is -0.497 e. The third-order valence-corrected chi connectivity index (χ3v) is 7.49. The molecule has 4 aromatic rings. The molecule has 204 valence electrons. The van der Waals surface area contributed by atoms with Gasteiger partial charge in [0.05, 0.1) is 49.8 Å². The van der Waals surface area contributed by atoms with Crippen LogP contribution in [0.5, 0.6) is 17.2 Å². The normalized spacial score (nSPS) is 14.8. The molecule has 0 amide bonds. The van der Waals surface area contributed by atoms with Gasteiger partial charge in [0.1, 0.15) is 5.75 Å². The lowest BCUT2D eigenvalue weighted by atomic mass is 9.93. The van der Waals surface area contributed by atoms with Crippen LogP contribution in [0.25, 0.3) is 11.8 Å². The second-order valence-electron chi connectivity index (χ2n) is 8.79. The number of thiazole rings is 1. The maximum atomic E-state index is 14.1. The monoisotopic (exact) mass is 556 g/mol. The smallest absolute Gasteiger partial charge is 0.338 e. The van der Waals surface area contributed by atoms with E-state index in [4.69, 9.17) is 23.9 Å². The molecule has 0 fully saturated rings. The van der Waals surface area contributed by atoms with Gasteiger partial charge < -0.3 is 18.9 Å². The maximum Gasteiger partial charge on any atom is 0.338 e. The summed E-state index contributed by atoms with van der Waals surface area (Å²) in [5.41, 5.74) is 2.55. The number of rotatable bonds is 8. The number of ether oxygens (including phenoxy) is 4. The van der Waals surface area contributed by atoms with E-state index < -0.39 is 12.0 Å². The number of esters is 1. The molecule has 0 saturated heterocycles. The number of carbonyl (C=O) groups excluding carboxylic acids is 1. The maximum absolute atomic E-state index is 14.1. The fraction of sp³-hybridized carbons (Fsp3) is 0.194. The molecule has 0 unspecified atom stereocenters. The molecule has 1 aliphatic heterocycles. The summed E-state index contributed by atoms with van der Waals surface area (Å²) in [7, 11) is 4.69. The quantitative estimate of drug-likeness (QED) is 0.306. The molecule has 3 aromatic carbocycles. The molecule has 0 aliphatic carbocycles. The number of para-hydroxylation sites is 1. The van der Waals surface area contributed by atoms with E-state index in [1.807, 2.05) is 66.7 Å². The molecule has 0 radical (unpaired) electrons. The van der Waals surface area contributed by atoms with Gasteiger partial charge in [-0.2, -0.15) is 0 Å². The second-order valence-corrected chi connectivity index (χ2v) is 9.80. The van der Waals surface area contributed by atoms with Crippen molar-refractivity contribution in [2.75, 3.05) is 27.9 Å². The summed E-state index contributed by atoms with van der Waals surface area (Å²) in [5.74, 6) is 1.12. The van der Waals surface area contributed by atoms with Crippen molar-refractivity contribution in [1.82, 2.24) is 4.57 Å². The first-order valence-electron chi connectivity index (χ1n) is 12.6. The number of fused-ring (bicyclic) bond motifs is 1. The molecule has 0 spiro atoms. The minimum atomic E-state index is -0.796. The van der Waals surface area contributed by atoms with Gasteiger partial charge in [-0.15, -0.1) is 0 Å². The van der Waals surface area contributed by atoms with Gasteiger partial charge in [0.2, 0.25) is 0 Å². The van der Waals surface area contributed by atoms with Crippen LogP contribution in [0.2, 0.25) is 0 Å². The number of benzene rings is 3. The summed E-state index contributed by atoms with van der Waals surface area (Å²) < 4.78 is 24.0. The van der Waals surface area contributed by atoms with E-state index in [2.05, 4.69) is 0 Å². The average Bonchev–Trinajstić information content (AvgIpc) is 3.30. The van der Waals surface area contributed by atoms with Gasteiger partial charge in [0.25, 0.3) is 5.56 Å². The molecule has 5 rings (SSSR count). The third-order valence-electron chi connectivity index (χ3n) is 6.50. The first-order chi connectivity index (χ1) is 19.5. The highest BCUT2D eigenvalue weighted by Crippen LogP contribution is 2.36. The minimum absolute atomic E-state index is 0.176. The Morgan fingerprint density at radius 3 is 2.45 bits per heavy atom. The summed E-state index contributed by atoms with van der Waals surface area (Å²) in [6.07, 6.45) is 1.75. The highest BCUT2D eigenvalue weighted by molar-refractivity contribution is 7.07. The Hall–Kier alpha value is -4.63. The first kappa shape index (κ1) is 27.0. The number of aromatic nitrogens is 1. The van der Waals surface area contributed by atoms with Crippen LogP contribution >= 0.6 is 11.3 Å². The predicted molar refractivity (Wildman–Crippen MR) is 154 cm³/mol. The number of hydrogen-bond donors (Lipinski definition) is 0. The summed E-state index contributed by atoms with van der Waals surface area (Å²) >= 11 is 1.24. The van der Waals surface area contributed by atoms with Crippen LogP contribution in [0.3, 0.4) is 0 Å². The van der Waals surface area contributed by atoms with Crippen molar-refractivity contribution in [3.63, 3.8) is 0 Å². The second kappa shape index (κ2) is 11.6. The Labute approximate surface area is 235 Å². The Kier molecular flexibility index (Phi) is 7.84. The Bertz CT molecular complexity index is 1770. The van der Waals surface area contributed by atoms with E-state index in [0.717, 1.165) is 5.56 Å². The molecule has 40 heavy (non-hydrogen) atoms. The Morgan fingerprint density at radius 2 is 1.75 bits per heavy atom. The van der Waals surface area contributed by atoms with E-state index in [9.17, 15) is 9.59 Å². The van der Waals surface area contributed by atoms with E-state index in [-0.39, 0.29) is 17.7 Å². The molecule has 0 N–H and O–H groups in total. The molecule has 8 nitrogen and oxygen atoms in total. The molecule has 9 heteroatoms. The van der Waals surface area contributed by atoms with Crippen molar-refractivity contribution in [2.45, 2.75) is 13.0 Å². The van der Waals surface area contributed by atoms with Crippen LogP contribution in [0.1, 0.15) is 29.7 Å². The van der Waals surface area contributed by atoms with Crippen LogP contribution < -0.4 is 29.1 Å². The zero-order chi connectivity index (χ0) is 28.2. The molecule has 1 aliphatic rings. The highest BCUT2D eigenvalue weighted by Gasteiger charge is 2.35. The van der Waals surface area contributed by atoms with Gasteiger partial charge in [-0.25, -0.2) is 9.79 Å². The number of nitrogens with zero attached hydrogens (tertiary/aromatic N) is 2. The van der Waals surface area contributed by atoms with Crippen LogP contribution in [0.15, 0.2) is 88.2 Å². The van der Waals surface area contributed by atoms with Crippen molar-refractivity contribution < 1.29 is 23.7 Å². The lowest BCUT2D eigenvalue weighted by Crippen LogP contribution is -2.40. The topological polar surface area (TPSA) is 88.4 Å². The summed E-state index contributed by atoms with van der Waals surface area (Å²) in [5, 5.41) is 0. The SMILES string of the molecule is CCOC(=O)C1=C(c2ccccc2)N=c2s/c(=C\c3cccc(OC)c3OC)c(=O)n2[C@@H]1c1cccc(OC)c1. The van der Waals surface area contributed by atoms with Gasteiger partial charge in [0, 0.05) is 11.1 Å². The number of carbonyl (C=O) groups is 1. The fourth-order valence-electron chi connectivity index (χ4n) is 4.73. The zero-order valence-electron chi connectivity index (χ0n) is 22.5. The molecule has 0 saturated carbocycles. The van der Waals surface area contributed by atoms with Crippen molar-refractivity contribution in [1.29, 1.82) is 0 Å². The highest BCUT2D eigenvalue weighted by atomic mass is 32.1. The van der Waals surface area contributed by atoms with Crippen molar-refractivity contribution in [3.05, 3.63) is 115 Å². The Balaban J connectivity index is 1.84. The largest absolute Gasteiger partial charge is 0.497 e. The van der Waals surface area contributed by atoms with E-state index in [1.165, 1.54) is 11.3 Å². The van der Waals surface area contributed by atoms with E-state index in [0.29, 0.717) is 43.4 Å². The average molecular weight is 557 g/mol. The number of methoxy groups -OCH3 is 3. The molecular weight excluding hydrogens is 528 g/mol. The standard InChI is InChI=1S/C31H28N2O6S/c1-5-39-30(35)25-26(19-11-7-6-8-12-19)32-31-33(27(25)20-13-9-15-22(17-20)36-2)29(34)24(40-31)18-21-14-10-16-23(37-3)28(21)38-4/h6-18,27H,5H2,1-4H3/b24-18-/t27-/m1/s1. The van der Waals surface area contributed by atoms with Crippen molar-refractivity contribution in [2.24, 2.45) is 4.99 Å². The lowest BCUT2D eigenvalue weighted by Gasteiger charge is -2.26. The third kappa shape index (κ3) is 4.91. The summed E-state index contributed by atoms with van der Waals surface area (Å²) in [6, 6.07) is 21.4. The van der Waals surface area contributed by atoms with Crippen LogP contribution in [-0.2, 0) is 9.53 Å². The van der Waals surface area contributed by atoms with Gasteiger partial charge in [0.15, 0.2) is 16.3 Å². The summed E-state index contributed by atoms with van der Waals surface area (Å²) in [4.78, 5) is 33.0.